The molecule has 1 aromatic carbocycles. The highest BCUT2D eigenvalue weighted by atomic mass is 35.5. The molecule has 0 spiro atoms. The Morgan fingerprint density at radius 2 is 2.33 bits per heavy atom. The number of carbonyl (C=O) groups excluding carboxylic acids is 1. The standard InChI is InChI=1S/C13H15ClN2O2/c1-8-10(5-6-13(17)15-8)16-11-4-3-9(14)7-12(11)18-2/h3-4,7,10,16H,1,5-6H2,2H3,(H,15,17). The fourth-order valence-corrected chi connectivity index (χ4v) is 2.07. The normalized spacial score (nSPS) is 19.3. The van der Waals surface area contributed by atoms with Crippen molar-refractivity contribution in [2.24, 2.45) is 0 Å². The van der Waals surface area contributed by atoms with E-state index in [0.29, 0.717) is 22.9 Å². The number of amides is 1. The highest BCUT2D eigenvalue weighted by Gasteiger charge is 2.22. The summed E-state index contributed by atoms with van der Waals surface area (Å²) in [5, 5.41) is 6.65. The molecule has 1 aliphatic heterocycles. The van der Waals surface area contributed by atoms with E-state index < -0.39 is 0 Å². The molecule has 2 N–H and O–H groups in total. The molecular formula is C13H15ClN2O2. The summed E-state index contributed by atoms with van der Waals surface area (Å²) in [6, 6.07) is 5.40. The summed E-state index contributed by atoms with van der Waals surface area (Å²) in [6.45, 7) is 3.85. The van der Waals surface area contributed by atoms with Gasteiger partial charge in [-0.25, -0.2) is 0 Å². The molecule has 1 heterocycles. The molecule has 1 amide bonds. The predicted octanol–water partition coefficient (Wildman–Crippen LogP) is 2.55. The van der Waals surface area contributed by atoms with Gasteiger partial charge in [-0.3, -0.25) is 4.79 Å². The molecule has 1 aliphatic rings. The predicted molar refractivity (Wildman–Crippen MR) is 71.9 cm³/mol. The van der Waals surface area contributed by atoms with Crippen molar-refractivity contribution in [2.45, 2.75) is 18.9 Å². The van der Waals surface area contributed by atoms with Gasteiger partial charge in [0.1, 0.15) is 5.75 Å². The van der Waals surface area contributed by atoms with Gasteiger partial charge in [0.2, 0.25) is 5.91 Å². The zero-order chi connectivity index (χ0) is 13.1. The number of benzene rings is 1. The van der Waals surface area contributed by atoms with E-state index in [9.17, 15) is 4.79 Å². The number of hydrogen-bond donors (Lipinski definition) is 2. The van der Waals surface area contributed by atoms with Crippen LogP contribution >= 0.6 is 11.6 Å². The molecular weight excluding hydrogens is 252 g/mol. The summed E-state index contributed by atoms with van der Waals surface area (Å²) in [4.78, 5) is 11.2. The number of methoxy groups -OCH3 is 1. The van der Waals surface area contributed by atoms with Crippen molar-refractivity contribution in [3.05, 3.63) is 35.5 Å². The number of nitrogens with one attached hydrogen (secondary N) is 2. The summed E-state index contributed by atoms with van der Waals surface area (Å²) < 4.78 is 5.26. The van der Waals surface area contributed by atoms with E-state index in [4.69, 9.17) is 16.3 Å². The maximum absolute atomic E-state index is 11.2. The van der Waals surface area contributed by atoms with Gasteiger partial charge in [-0.1, -0.05) is 18.2 Å². The summed E-state index contributed by atoms with van der Waals surface area (Å²) in [6.07, 6.45) is 1.21. The third kappa shape index (κ3) is 2.76. The Kier molecular flexibility index (Phi) is 3.77. The van der Waals surface area contributed by atoms with Gasteiger partial charge in [0, 0.05) is 23.2 Å². The molecule has 4 nitrogen and oxygen atoms in total. The molecule has 0 bridgehead atoms. The SMILES string of the molecule is C=C1NC(=O)CCC1Nc1ccc(Cl)cc1OC. The van der Waals surface area contributed by atoms with E-state index in [1.807, 2.05) is 6.07 Å². The molecule has 0 saturated carbocycles. The lowest BCUT2D eigenvalue weighted by Crippen LogP contribution is -2.39. The summed E-state index contributed by atoms with van der Waals surface area (Å²) in [5.74, 6) is 0.688. The van der Waals surface area contributed by atoms with Crippen LogP contribution in [-0.2, 0) is 4.79 Å². The van der Waals surface area contributed by atoms with Crippen LogP contribution in [0, 0.1) is 0 Å². The molecule has 1 saturated heterocycles. The topological polar surface area (TPSA) is 50.4 Å². The molecule has 0 radical (unpaired) electrons. The molecule has 1 fully saturated rings. The van der Waals surface area contributed by atoms with Gasteiger partial charge in [0.25, 0.3) is 0 Å². The van der Waals surface area contributed by atoms with Crippen LogP contribution in [0.4, 0.5) is 5.69 Å². The van der Waals surface area contributed by atoms with Crippen LogP contribution in [0.3, 0.4) is 0 Å². The lowest BCUT2D eigenvalue weighted by molar-refractivity contribution is -0.121. The van der Waals surface area contributed by atoms with Crippen LogP contribution in [0.1, 0.15) is 12.8 Å². The lowest BCUT2D eigenvalue weighted by atomic mass is 10.0. The lowest BCUT2D eigenvalue weighted by Gasteiger charge is -2.27. The number of ether oxygens (including phenoxy) is 1. The van der Waals surface area contributed by atoms with Crippen molar-refractivity contribution in [2.75, 3.05) is 12.4 Å². The van der Waals surface area contributed by atoms with Crippen molar-refractivity contribution >= 4 is 23.2 Å². The molecule has 18 heavy (non-hydrogen) atoms. The highest BCUT2D eigenvalue weighted by molar-refractivity contribution is 6.30. The second kappa shape index (κ2) is 5.31. The number of piperidine rings is 1. The molecule has 1 aromatic rings. The third-order valence-electron chi connectivity index (χ3n) is 2.87. The Balaban J connectivity index is 2.14. The van der Waals surface area contributed by atoms with Crippen LogP contribution in [-0.4, -0.2) is 19.1 Å². The van der Waals surface area contributed by atoms with Crippen molar-refractivity contribution in [1.82, 2.24) is 5.32 Å². The molecule has 5 heteroatoms. The van der Waals surface area contributed by atoms with E-state index in [1.54, 1.807) is 19.2 Å². The second-order valence-corrected chi connectivity index (χ2v) is 4.59. The Labute approximate surface area is 111 Å². The molecule has 0 aromatic heterocycles. The Morgan fingerprint density at radius 3 is 3.00 bits per heavy atom. The largest absolute Gasteiger partial charge is 0.495 e. The number of rotatable bonds is 3. The number of hydrogen-bond acceptors (Lipinski definition) is 3. The van der Waals surface area contributed by atoms with Gasteiger partial charge < -0.3 is 15.4 Å². The van der Waals surface area contributed by atoms with Crippen molar-refractivity contribution < 1.29 is 9.53 Å². The van der Waals surface area contributed by atoms with Crippen molar-refractivity contribution in [1.29, 1.82) is 0 Å². The monoisotopic (exact) mass is 266 g/mol. The second-order valence-electron chi connectivity index (χ2n) is 4.15. The van der Waals surface area contributed by atoms with Crippen LogP contribution in [0.5, 0.6) is 5.75 Å². The maximum atomic E-state index is 11.2. The molecule has 96 valence electrons. The fourth-order valence-electron chi connectivity index (χ4n) is 1.91. The first-order valence-corrected chi connectivity index (χ1v) is 6.06. The van der Waals surface area contributed by atoms with Crippen molar-refractivity contribution in [3.63, 3.8) is 0 Å². The minimum absolute atomic E-state index is 0.0118. The first-order chi connectivity index (χ1) is 8.60. The van der Waals surface area contributed by atoms with Crippen LogP contribution < -0.4 is 15.4 Å². The van der Waals surface area contributed by atoms with Gasteiger partial charge >= 0.3 is 0 Å². The van der Waals surface area contributed by atoms with Crippen molar-refractivity contribution in [3.8, 4) is 5.75 Å². The zero-order valence-corrected chi connectivity index (χ0v) is 10.9. The van der Waals surface area contributed by atoms with E-state index in [2.05, 4.69) is 17.2 Å². The van der Waals surface area contributed by atoms with Crippen LogP contribution in [0.15, 0.2) is 30.5 Å². The van der Waals surface area contributed by atoms with E-state index >= 15 is 0 Å². The maximum Gasteiger partial charge on any atom is 0.224 e. The average molecular weight is 267 g/mol. The summed E-state index contributed by atoms with van der Waals surface area (Å²) >= 11 is 5.90. The number of halogens is 1. The Morgan fingerprint density at radius 1 is 1.56 bits per heavy atom. The van der Waals surface area contributed by atoms with Crippen LogP contribution in [0.25, 0.3) is 0 Å². The first kappa shape index (κ1) is 12.8. The first-order valence-electron chi connectivity index (χ1n) is 5.69. The minimum atomic E-state index is 0.0118. The Bertz CT molecular complexity index is 488. The molecule has 0 aliphatic carbocycles. The smallest absolute Gasteiger partial charge is 0.224 e. The van der Waals surface area contributed by atoms with Gasteiger partial charge in [0.15, 0.2) is 0 Å². The van der Waals surface area contributed by atoms with E-state index in [-0.39, 0.29) is 11.9 Å². The third-order valence-corrected chi connectivity index (χ3v) is 3.11. The molecule has 1 atom stereocenters. The van der Waals surface area contributed by atoms with E-state index in [0.717, 1.165) is 12.1 Å². The number of carbonyl (C=O) groups is 1. The fraction of sp³-hybridized carbons (Fsp3) is 0.308. The van der Waals surface area contributed by atoms with Gasteiger partial charge in [-0.05, 0) is 18.6 Å². The van der Waals surface area contributed by atoms with E-state index in [1.165, 1.54) is 0 Å². The summed E-state index contributed by atoms with van der Waals surface area (Å²) in [5.41, 5.74) is 1.52. The quantitative estimate of drug-likeness (QED) is 0.884. The average Bonchev–Trinajstić information content (AvgIpc) is 2.34. The molecule has 2 rings (SSSR count). The zero-order valence-electron chi connectivity index (χ0n) is 10.1. The van der Waals surface area contributed by atoms with Gasteiger partial charge in [-0.15, -0.1) is 0 Å². The van der Waals surface area contributed by atoms with Gasteiger partial charge in [0.05, 0.1) is 18.8 Å². The number of anilines is 1. The Hall–Kier alpha value is -1.68. The minimum Gasteiger partial charge on any atom is -0.495 e. The summed E-state index contributed by atoms with van der Waals surface area (Å²) in [7, 11) is 1.59. The molecule has 1 unspecified atom stereocenters. The van der Waals surface area contributed by atoms with Gasteiger partial charge in [-0.2, -0.15) is 0 Å². The highest BCUT2D eigenvalue weighted by Crippen LogP contribution is 2.30. The van der Waals surface area contributed by atoms with Crippen LogP contribution in [0.2, 0.25) is 5.02 Å².